The number of thioether (sulfide) groups is 1. The number of aromatic nitrogens is 1. The van der Waals surface area contributed by atoms with Crippen molar-refractivity contribution in [2.75, 3.05) is 51.3 Å². The van der Waals surface area contributed by atoms with Gasteiger partial charge in [-0.25, -0.2) is 9.78 Å². The van der Waals surface area contributed by atoms with Gasteiger partial charge in [0.05, 0.1) is 49.6 Å². The van der Waals surface area contributed by atoms with Gasteiger partial charge in [0.2, 0.25) is 6.41 Å². The van der Waals surface area contributed by atoms with Gasteiger partial charge in [0.25, 0.3) is 11.8 Å². The number of halogens is 1. The first-order valence-corrected chi connectivity index (χ1v) is 18.0. The van der Waals surface area contributed by atoms with Gasteiger partial charge in [0, 0.05) is 41.9 Å². The van der Waals surface area contributed by atoms with Crippen molar-refractivity contribution in [1.82, 2.24) is 20.1 Å². The number of β-lactam (4-membered cyclic amide) rings is 1. The Balaban J connectivity index is 0.000000353. The van der Waals surface area contributed by atoms with Gasteiger partial charge in [-0.3, -0.25) is 19.3 Å². The van der Waals surface area contributed by atoms with Crippen LogP contribution in [0.15, 0.2) is 34.9 Å². The molecule has 19 heteroatoms. The van der Waals surface area contributed by atoms with Gasteiger partial charge in [0.1, 0.15) is 29.7 Å². The molecule has 3 fully saturated rings. The number of aromatic hydroxyl groups is 2. The third-order valence-electron chi connectivity index (χ3n) is 9.45. The molecule has 6 rings (SSSR count). The molecule has 1 aromatic heterocycles. The summed E-state index contributed by atoms with van der Waals surface area (Å²) in [6.45, 7) is 4.85. The van der Waals surface area contributed by atoms with Crippen LogP contribution in [0, 0.1) is 0 Å². The van der Waals surface area contributed by atoms with Gasteiger partial charge in [0.15, 0.2) is 16.6 Å². The second-order valence-corrected chi connectivity index (χ2v) is 14.7. The number of hydrogen-bond donors (Lipinski definition) is 4. The molecule has 0 saturated carbocycles. The number of rotatable bonds is 9. The fourth-order valence-electron chi connectivity index (χ4n) is 6.86. The van der Waals surface area contributed by atoms with Crippen LogP contribution >= 0.6 is 34.7 Å². The number of thiazole rings is 1. The molecule has 3 amide bonds. The van der Waals surface area contributed by atoms with Crippen molar-refractivity contribution in [3.63, 3.8) is 0 Å². The number of fused-ring (bicyclic) bond motifs is 2. The zero-order valence-corrected chi connectivity index (χ0v) is 32.7. The van der Waals surface area contributed by atoms with Crippen molar-refractivity contribution in [3.8, 4) is 11.5 Å². The monoisotopic (exact) mass is 771 g/mol. The quantitative estimate of drug-likeness (QED) is 0.0540. The third-order valence-corrected chi connectivity index (χ3v) is 11.9. The number of piperazine rings is 1. The number of anilines is 1. The summed E-state index contributed by atoms with van der Waals surface area (Å²) >= 11 is 8.99. The van der Waals surface area contributed by atoms with E-state index >= 15 is 0 Å². The second-order valence-electron chi connectivity index (χ2n) is 12.3. The molecule has 3 saturated heterocycles. The number of carbonyl (C=O) groups excluding carboxylic acids is 5. The van der Waals surface area contributed by atoms with Crippen molar-refractivity contribution < 1.29 is 78.1 Å². The Morgan fingerprint density at radius 1 is 1.27 bits per heavy atom. The van der Waals surface area contributed by atoms with Crippen molar-refractivity contribution in [2.24, 2.45) is 0 Å². The number of nitrogens with one attached hydrogen (secondary N) is 1. The summed E-state index contributed by atoms with van der Waals surface area (Å²) in [7, 11) is 1.29. The summed E-state index contributed by atoms with van der Waals surface area (Å²) in [5.74, 6) is -2.67. The van der Waals surface area contributed by atoms with Crippen LogP contribution in [0.5, 0.6) is 11.5 Å². The Bertz CT molecular complexity index is 1770. The second kappa shape index (κ2) is 17.0. The number of carbonyl (C=O) groups is 5. The van der Waals surface area contributed by atoms with Crippen LogP contribution in [0.4, 0.5) is 5.13 Å². The Morgan fingerprint density at radius 3 is 2.67 bits per heavy atom. The fourth-order valence-corrected chi connectivity index (χ4v) is 9.07. The average molecular weight is 772 g/mol. The largest absolute Gasteiger partial charge is 1.00 e. The molecule has 0 radical (unpaired) electrons. The van der Waals surface area contributed by atoms with Gasteiger partial charge in [-0.1, -0.05) is 17.7 Å². The molecule has 1 aromatic carbocycles. The maximum Gasteiger partial charge on any atom is 1.00 e. The van der Waals surface area contributed by atoms with E-state index in [1.54, 1.807) is 23.3 Å². The first-order valence-electron chi connectivity index (χ1n) is 15.7. The summed E-state index contributed by atoms with van der Waals surface area (Å²) in [6, 6.07) is 2.13. The number of nitrogen functional groups attached to an aromatic ring is 1. The molecule has 4 atom stereocenters. The van der Waals surface area contributed by atoms with Crippen molar-refractivity contribution in [3.05, 3.63) is 51.1 Å². The number of hydrogen-bond acceptors (Lipinski definition) is 13. The number of benzene rings is 1. The molecule has 15 nitrogen and oxygen atoms in total. The number of nitrogens with two attached hydrogens (primary N) is 1. The van der Waals surface area contributed by atoms with Gasteiger partial charge in [-0.05, 0) is 24.6 Å². The Hall–Kier alpha value is -3.32. The predicted molar refractivity (Wildman–Crippen MR) is 183 cm³/mol. The molecule has 0 bridgehead atoms. The molecular weight excluding hydrogens is 735 g/mol. The standard InChI is InChI=1S/C24H27ClN4O7S.C8H10N2O2S.Na/c1-36-24(35)19-13(11-37-23-18(26-12-30)22(34)28(19)23)10-29-7-2-3-14(29)9-27(6-8-29)21(33)15-4-5-16(31)20(32)17(15)25;1-5(2-3-7(11)12)6-4-13-8(9)10-6;/h4-5,12,14,18,23H,2-3,6-11H2,1H3,(H2-,26,30,31,32,33);2,4H,3H2,1H3,(H2,9,10)(H,11,12);/q;;+1/b;5-2+;. The number of aliphatic carboxylic acids is 1. The van der Waals surface area contributed by atoms with Crippen LogP contribution in [-0.2, 0) is 23.9 Å². The Labute approximate surface area is 329 Å². The summed E-state index contributed by atoms with van der Waals surface area (Å²) in [4.78, 5) is 67.0. The first-order chi connectivity index (χ1) is 23.8. The average Bonchev–Trinajstić information content (AvgIpc) is 3.73. The minimum absolute atomic E-state index is 0. The molecule has 5 N–H and O–H groups in total. The number of allylic oxidation sites excluding steroid dienone is 1. The SMILES string of the molecule is C/C(=C\CC(=O)[O-])c1csc(N)n1.COC(=O)C1=C(C[N+]23CCCC2CN(C(=O)c2ccc(O)c(O)c2Cl)CC3)CSC2C(NC=O)C(=O)N12.[Na+]. The number of carboxylic acid groups (broad SMARTS) is 1. The number of amides is 3. The number of nitrogens with zero attached hydrogens (tertiary/aromatic N) is 4. The number of carboxylic acids is 1. The van der Waals surface area contributed by atoms with Gasteiger partial charge < -0.3 is 45.3 Å². The zero-order valence-electron chi connectivity index (χ0n) is 28.3. The van der Waals surface area contributed by atoms with E-state index in [4.69, 9.17) is 22.1 Å². The van der Waals surface area contributed by atoms with E-state index in [1.165, 1.54) is 47.2 Å². The van der Waals surface area contributed by atoms with E-state index in [-0.39, 0.29) is 81.2 Å². The van der Waals surface area contributed by atoms with E-state index in [9.17, 15) is 39.3 Å². The van der Waals surface area contributed by atoms with E-state index in [2.05, 4.69) is 10.3 Å². The first kappa shape index (κ1) is 40.5. The summed E-state index contributed by atoms with van der Waals surface area (Å²) in [5, 5.41) is 34.0. The molecule has 4 aliphatic rings. The fraction of sp³-hybridized carbons (Fsp3) is 0.438. The molecule has 4 aliphatic heterocycles. The number of quaternary nitrogens is 1. The van der Waals surface area contributed by atoms with E-state index in [1.807, 2.05) is 0 Å². The van der Waals surface area contributed by atoms with Gasteiger partial charge >= 0.3 is 35.5 Å². The molecule has 51 heavy (non-hydrogen) atoms. The summed E-state index contributed by atoms with van der Waals surface area (Å²) in [6.07, 6.45) is 3.84. The number of phenols is 2. The van der Waals surface area contributed by atoms with E-state index in [0.29, 0.717) is 48.0 Å². The van der Waals surface area contributed by atoms with Crippen molar-refractivity contribution in [1.29, 1.82) is 0 Å². The Kier molecular flexibility index (Phi) is 13.5. The van der Waals surface area contributed by atoms with Crippen LogP contribution < -0.4 is 45.7 Å². The van der Waals surface area contributed by atoms with Crippen LogP contribution in [-0.4, -0.2) is 123 Å². The van der Waals surface area contributed by atoms with Crippen molar-refractivity contribution in [2.45, 2.75) is 43.6 Å². The smallest absolute Gasteiger partial charge is 0.550 e. The minimum Gasteiger partial charge on any atom is -0.550 e. The molecular formula is C32H37ClN6NaO9S2+. The molecule has 268 valence electrons. The number of ether oxygens (including phenoxy) is 1. The maximum atomic E-state index is 13.2. The van der Waals surface area contributed by atoms with Gasteiger partial charge in [-0.2, -0.15) is 0 Å². The normalized spacial score (nSPS) is 23.9. The third kappa shape index (κ3) is 8.34. The molecule has 0 spiro atoms. The molecule has 4 unspecified atom stereocenters. The molecule has 2 aromatic rings. The topological polar surface area (TPSA) is 216 Å². The van der Waals surface area contributed by atoms with Crippen molar-refractivity contribution >= 4 is 75.6 Å². The minimum atomic E-state index is -1.09. The number of esters is 1. The number of phenolic OH excluding ortho intramolecular Hbond substituents is 2. The number of methoxy groups -OCH3 is 1. The van der Waals surface area contributed by atoms with E-state index in [0.717, 1.165) is 36.2 Å². The zero-order chi connectivity index (χ0) is 36.3. The van der Waals surface area contributed by atoms with Gasteiger partial charge in [-0.15, -0.1) is 23.1 Å². The molecule has 0 aliphatic carbocycles. The summed E-state index contributed by atoms with van der Waals surface area (Å²) in [5.41, 5.74) is 8.19. The summed E-state index contributed by atoms with van der Waals surface area (Å²) < 4.78 is 5.75. The molecule has 5 heterocycles. The van der Waals surface area contributed by atoms with Crippen LogP contribution in [0.25, 0.3) is 5.57 Å². The van der Waals surface area contributed by atoms with Crippen LogP contribution in [0.2, 0.25) is 5.02 Å². The maximum absolute atomic E-state index is 13.2. The Morgan fingerprint density at radius 2 is 2.02 bits per heavy atom. The predicted octanol–water partition coefficient (Wildman–Crippen LogP) is -2.08. The van der Waals surface area contributed by atoms with E-state index < -0.39 is 23.7 Å². The van der Waals surface area contributed by atoms with Crippen LogP contribution in [0.1, 0.15) is 42.2 Å². The van der Waals surface area contributed by atoms with Crippen LogP contribution in [0.3, 0.4) is 0 Å².